The Kier molecular flexibility index (Phi) is 5.19. The molecule has 1 nitrogen and oxygen atoms in total. The first-order valence-electron chi connectivity index (χ1n) is 7.90. The van der Waals surface area contributed by atoms with E-state index in [9.17, 15) is 0 Å². The van der Waals surface area contributed by atoms with Gasteiger partial charge in [-0.3, -0.25) is 0 Å². The highest BCUT2D eigenvalue weighted by Crippen LogP contribution is 2.38. The van der Waals surface area contributed by atoms with Gasteiger partial charge in [0.25, 0.3) is 0 Å². The number of benzene rings is 1. The molecule has 0 heterocycles. The van der Waals surface area contributed by atoms with Crippen LogP contribution in [0, 0.1) is 5.92 Å². The normalized spacial score (nSPS) is 23.9. The zero-order chi connectivity index (χ0) is 14.8. The molecule has 1 fully saturated rings. The third-order valence-electron chi connectivity index (χ3n) is 4.41. The molecule has 0 amide bonds. The van der Waals surface area contributed by atoms with Crippen LogP contribution in [0.25, 0.3) is 0 Å². The molecule has 0 radical (unpaired) electrons. The summed E-state index contributed by atoms with van der Waals surface area (Å²) < 4.78 is 0. The average Bonchev–Trinajstić information content (AvgIpc) is 2.40. The minimum absolute atomic E-state index is 0.212. The van der Waals surface area contributed by atoms with Crippen molar-refractivity contribution < 1.29 is 0 Å². The Bertz CT molecular complexity index is 439. The van der Waals surface area contributed by atoms with E-state index in [1.54, 1.807) is 0 Å². The molecule has 2 N–H and O–H groups in total. The zero-order valence-corrected chi connectivity index (χ0v) is 14.2. The van der Waals surface area contributed by atoms with Gasteiger partial charge in [0, 0.05) is 16.7 Å². The molecule has 1 aromatic rings. The standard InChI is InChI=1S/C18H29NS/c1-13-5-9-16(10-6-13)20-17-11-15(18(2,3)4)8-7-14(17)12-19/h7-8,11,13,16H,5-6,9-10,12,19H2,1-4H3. The van der Waals surface area contributed by atoms with E-state index in [1.165, 1.54) is 41.7 Å². The van der Waals surface area contributed by atoms with Gasteiger partial charge in [-0.2, -0.15) is 0 Å². The van der Waals surface area contributed by atoms with Crippen molar-refractivity contribution in [3.63, 3.8) is 0 Å². The van der Waals surface area contributed by atoms with E-state index in [-0.39, 0.29) is 5.41 Å². The van der Waals surface area contributed by atoms with Gasteiger partial charge in [-0.1, -0.05) is 39.8 Å². The van der Waals surface area contributed by atoms with Gasteiger partial charge in [-0.05, 0) is 54.2 Å². The third-order valence-corrected chi connectivity index (χ3v) is 5.85. The topological polar surface area (TPSA) is 26.0 Å². The Balaban J connectivity index is 2.16. The van der Waals surface area contributed by atoms with E-state index in [1.807, 2.05) is 0 Å². The summed E-state index contributed by atoms with van der Waals surface area (Å²) in [6.45, 7) is 9.87. The highest BCUT2D eigenvalue weighted by Gasteiger charge is 2.21. The fraction of sp³-hybridized carbons (Fsp3) is 0.667. The largest absolute Gasteiger partial charge is 0.326 e. The van der Waals surface area contributed by atoms with E-state index >= 15 is 0 Å². The van der Waals surface area contributed by atoms with Gasteiger partial charge < -0.3 is 5.73 Å². The molecule has 1 aliphatic rings. The second-order valence-electron chi connectivity index (χ2n) is 7.28. The van der Waals surface area contributed by atoms with Crippen molar-refractivity contribution in [2.45, 2.75) is 75.5 Å². The van der Waals surface area contributed by atoms with Gasteiger partial charge in [-0.25, -0.2) is 0 Å². The highest BCUT2D eigenvalue weighted by atomic mass is 32.2. The van der Waals surface area contributed by atoms with Crippen LogP contribution in [0.4, 0.5) is 0 Å². The quantitative estimate of drug-likeness (QED) is 0.837. The van der Waals surface area contributed by atoms with Crippen LogP contribution in [0.3, 0.4) is 0 Å². The molecule has 0 bridgehead atoms. The van der Waals surface area contributed by atoms with Crippen LogP contribution in [0.2, 0.25) is 0 Å². The molecular formula is C18H29NS. The SMILES string of the molecule is CC1CCC(Sc2cc(C(C)(C)C)ccc2CN)CC1. The zero-order valence-electron chi connectivity index (χ0n) is 13.4. The molecule has 2 heteroatoms. The molecule has 0 saturated heterocycles. The maximum Gasteiger partial charge on any atom is 0.0189 e. The summed E-state index contributed by atoms with van der Waals surface area (Å²) in [7, 11) is 0. The lowest BCUT2D eigenvalue weighted by molar-refractivity contribution is 0.393. The molecule has 1 saturated carbocycles. The van der Waals surface area contributed by atoms with E-state index in [2.05, 4.69) is 57.7 Å². The molecular weight excluding hydrogens is 262 g/mol. The summed E-state index contributed by atoms with van der Waals surface area (Å²) in [5.74, 6) is 0.918. The molecule has 112 valence electrons. The number of thioether (sulfide) groups is 1. The number of rotatable bonds is 3. The summed E-state index contributed by atoms with van der Waals surface area (Å²) in [6.07, 6.45) is 5.48. The van der Waals surface area contributed by atoms with Crippen molar-refractivity contribution in [2.24, 2.45) is 11.7 Å². The molecule has 0 atom stereocenters. The van der Waals surface area contributed by atoms with Gasteiger partial charge in [0.2, 0.25) is 0 Å². The van der Waals surface area contributed by atoms with Gasteiger partial charge in [0.15, 0.2) is 0 Å². The second kappa shape index (κ2) is 6.53. The van der Waals surface area contributed by atoms with Crippen molar-refractivity contribution >= 4 is 11.8 Å². The monoisotopic (exact) mass is 291 g/mol. The van der Waals surface area contributed by atoms with E-state index < -0.39 is 0 Å². The lowest BCUT2D eigenvalue weighted by Crippen LogP contribution is -2.15. The highest BCUT2D eigenvalue weighted by molar-refractivity contribution is 8.00. The van der Waals surface area contributed by atoms with Crippen LogP contribution in [-0.2, 0) is 12.0 Å². The summed E-state index contributed by atoms with van der Waals surface area (Å²) in [6, 6.07) is 6.86. The molecule has 0 aromatic heterocycles. The summed E-state index contributed by atoms with van der Waals surface area (Å²) in [5, 5.41) is 0.784. The van der Waals surface area contributed by atoms with Crippen LogP contribution in [-0.4, -0.2) is 5.25 Å². The Labute approximate surface area is 128 Å². The Morgan fingerprint density at radius 2 is 1.80 bits per heavy atom. The van der Waals surface area contributed by atoms with Gasteiger partial charge >= 0.3 is 0 Å². The van der Waals surface area contributed by atoms with Gasteiger partial charge in [-0.15, -0.1) is 11.8 Å². The Morgan fingerprint density at radius 3 is 2.35 bits per heavy atom. The fourth-order valence-electron chi connectivity index (χ4n) is 2.83. The maximum absolute atomic E-state index is 5.92. The minimum Gasteiger partial charge on any atom is -0.326 e. The molecule has 2 rings (SSSR count). The van der Waals surface area contributed by atoms with Crippen molar-refractivity contribution in [2.75, 3.05) is 0 Å². The van der Waals surface area contributed by atoms with Crippen molar-refractivity contribution in [3.05, 3.63) is 29.3 Å². The minimum atomic E-state index is 0.212. The summed E-state index contributed by atoms with van der Waals surface area (Å²) in [4.78, 5) is 1.42. The smallest absolute Gasteiger partial charge is 0.0189 e. The van der Waals surface area contributed by atoms with Crippen LogP contribution in [0.1, 0.15) is 64.5 Å². The van der Waals surface area contributed by atoms with Gasteiger partial charge in [0.05, 0.1) is 0 Å². The first kappa shape index (κ1) is 15.9. The number of hydrogen-bond donors (Lipinski definition) is 1. The van der Waals surface area contributed by atoms with Crippen LogP contribution >= 0.6 is 11.8 Å². The lowest BCUT2D eigenvalue weighted by atomic mass is 9.86. The first-order valence-corrected chi connectivity index (χ1v) is 8.78. The summed E-state index contributed by atoms with van der Waals surface area (Å²) in [5.41, 5.74) is 8.86. The third kappa shape index (κ3) is 4.02. The number of hydrogen-bond acceptors (Lipinski definition) is 2. The number of nitrogens with two attached hydrogens (primary N) is 1. The molecule has 20 heavy (non-hydrogen) atoms. The Morgan fingerprint density at radius 1 is 1.15 bits per heavy atom. The van der Waals surface area contributed by atoms with Crippen LogP contribution in [0.5, 0.6) is 0 Å². The van der Waals surface area contributed by atoms with Gasteiger partial charge in [0.1, 0.15) is 0 Å². The second-order valence-corrected chi connectivity index (χ2v) is 8.62. The molecule has 1 aliphatic carbocycles. The summed E-state index contributed by atoms with van der Waals surface area (Å²) >= 11 is 2.07. The van der Waals surface area contributed by atoms with E-state index in [0.717, 1.165) is 11.2 Å². The van der Waals surface area contributed by atoms with Crippen LogP contribution < -0.4 is 5.73 Å². The predicted molar refractivity (Wildman–Crippen MR) is 90.3 cm³/mol. The predicted octanol–water partition coefficient (Wildman–Crippen LogP) is 5.11. The van der Waals surface area contributed by atoms with Crippen molar-refractivity contribution in [1.29, 1.82) is 0 Å². The molecule has 0 unspecified atom stereocenters. The fourth-order valence-corrected chi connectivity index (χ4v) is 4.19. The van der Waals surface area contributed by atoms with E-state index in [0.29, 0.717) is 6.54 Å². The van der Waals surface area contributed by atoms with E-state index in [4.69, 9.17) is 5.73 Å². The first-order chi connectivity index (χ1) is 9.40. The van der Waals surface area contributed by atoms with Crippen molar-refractivity contribution in [3.8, 4) is 0 Å². The maximum atomic E-state index is 5.92. The van der Waals surface area contributed by atoms with Crippen LogP contribution in [0.15, 0.2) is 23.1 Å². The molecule has 0 aliphatic heterocycles. The average molecular weight is 292 g/mol. The molecule has 0 spiro atoms. The molecule has 1 aromatic carbocycles. The Hall–Kier alpha value is -0.470. The lowest BCUT2D eigenvalue weighted by Gasteiger charge is -2.27. The van der Waals surface area contributed by atoms with Crippen molar-refractivity contribution in [1.82, 2.24) is 0 Å².